The van der Waals surface area contributed by atoms with Gasteiger partial charge in [-0.25, -0.2) is 0 Å². The van der Waals surface area contributed by atoms with Gasteiger partial charge in [0, 0.05) is 5.71 Å². The van der Waals surface area contributed by atoms with E-state index in [2.05, 4.69) is 20.7 Å². The molecule has 0 saturated heterocycles. The molecule has 6 nitrogen and oxygen atoms in total. The fraction of sp³-hybridized carbons (Fsp3) is 0.167. The maximum atomic E-state index is 11.7. The first-order valence-corrected chi connectivity index (χ1v) is 5.48. The summed E-state index contributed by atoms with van der Waals surface area (Å²) in [6.07, 6.45) is 2.97. The highest BCUT2D eigenvalue weighted by Crippen LogP contribution is 2.05. The van der Waals surface area contributed by atoms with Crippen molar-refractivity contribution in [1.82, 2.24) is 14.8 Å². The van der Waals surface area contributed by atoms with Gasteiger partial charge >= 0.3 is 0 Å². The standard InChI is InChI=1S/C12H13N5O/c1-10(7-12(18)17-8-13-14-9-17)15-16-11-5-3-2-4-6-11/h2-6,8-9,16H,7H2,1H3/b15-10-. The second kappa shape index (κ2) is 5.72. The summed E-state index contributed by atoms with van der Waals surface area (Å²) in [5.41, 5.74) is 4.47. The third kappa shape index (κ3) is 3.24. The lowest BCUT2D eigenvalue weighted by Gasteiger charge is -2.02. The molecule has 0 aliphatic heterocycles. The first-order valence-electron chi connectivity index (χ1n) is 5.48. The van der Waals surface area contributed by atoms with Gasteiger partial charge in [0.15, 0.2) is 0 Å². The maximum absolute atomic E-state index is 11.7. The van der Waals surface area contributed by atoms with Crippen molar-refractivity contribution in [3.63, 3.8) is 0 Å². The van der Waals surface area contributed by atoms with Gasteiger partial charge in [0.25, 0.3) is 0 Å². The lowest BCUT2D eigenvalue weighted by atomic mass is 10.3. The van der Waals surface area contributed by atoms with Crippen LogP contribution in [0.15, 0.2) is 48.1 Å². The molecule has 0 unspecified atom stereocenters. The summed E-state index contributed by atoms with van der Waals surface area (Å²) < 4.78 is 1.33. The minimum Gasteiger partial charge on any atom is -0.279 e. The van der Waals surface area contributed by atoms with Crippen molar-refractivity contribution in [2.75, 3.05) is 5.43 Å². The molecule has 0 radical (unpaired) electrons. The lowest BCUT2D eigenvalue weighted by molar-refractivity contribution is 0.0922. The predicted molar refractivity (Wildman–Crippen MR) is 68.4 cm³/mol. The van der Waals surface area contributed by atoms with Gasteiger partial charge in [0.1, 0.15) is 12.7 Å². The van der Waals surface area contributed by atoms with Crippen LogP contribution in [0.1, 0.15) is 18.1 Å². The van der Waals surface area contributed by atoms with E-state index in [4.69, 9.17) is 0 Å². The van der Waals surface area contributed by atoms with Crippen LogP contribution in [0, 0.1) is 0 Å². The molecule has 0 bridgehead atoms. The van der Waals surface area contributed by atoms with E-state index in [9.17, 15) is 4.79 Å². The second-order valence-electron chi connectivity index (χ2n) is 3.76. The number of nitrogens with one attached hydrogen (secondary N) is 1. The zero-order chi connectivity index (χ0) is 12.8. The molecule has 1 aromatic carbocycles. The van der Waals surface area contributed by atoms with Crippen molar-refractivity contribution in [3.05, 3.63) is 43.0 Å². The van der Waals surface area contributed by atoms with Crippen LogP contribution in [0.25, 0.3) is 0 Å². The number of nitrogens with zero attached hydrogens (tertiary/aromatic N) is 4. The number of anilines is 1. The number of hydrogen-bond acceptors (Lipinski definition) is 5. The molecule has 2 aromatic rings. The van der Waals surface area contributed by atoms with Crippen molar-refractivity contribution >= 4 is 17.3 Å². The van der Waals surface area contributed by atoms with E-state index in [-0.39, 0.29) is 12.3 Å². The SMILES string of the molecule is C/C(CC(=O)n1cnnc1)=N/Nc1ccccc1. The molecule has 1 heterocycles. The van der Waals surface area contributed by atoms with E-state index in [1.165, 1.54) is 17.2 Å². The number of rotatable bonds is 4. The Morgan fingerprint density at radius 3 is 2.61 bits per heavy atom. The number of para-hydroxylation sites is 1. The number of aromatic nitrogens is 3. The Kier molecular flexibility index (Phi) is 3.80. The van der Waals surface area contributed by atoms with Crippen LogP contribution in [-0.2, 0) is 0 Å². The van der Waals surface area contributed by atoms with Crippen molar-refractivity contribution in [2.24, 2.45) is 5.10 Å². The largest absolute Gasteiger partial charge is 0.279 e. The molecule has 0 aliphatic rings. The molecule has 0 amide bonds. The van der Waals surface area contributed by atoms with E-state index in [0.29, 0.717) is 5.71 Å². The Labute approximate surface area is 104 Å². The Balaban J connectivity index is 1.92. The van der Waals surface area contributed by atoms with Gasteiger partial charge in [-0.1, -0.05) is 18.2 Å². The van der Waals surface area contributed by atoms with Crippen LogP contribution < -0.4 is 5.43 Å². The van der Waals surface area contributed by atoms with Crippen LogP contribution in [0.3, 0.4) is 0 Å². The molecule has 6 heteroatoms. The van der Waals surface area contributed by atoms with Crippen molar-refractivity contribution in [1.29, 1.82) is 0 Å². The molecular weight excluding hydrogens is 230 g/mol. The van der Waals surface area contributed by atoms with E-state index in [0.717, 1.165) is 5.69 Å². The average Bonchev–Trinajstić information content (AvgIpc) is 2.91. The monoisotopic (exact) mass is 243 g/mol. The molecular formula is C12H13N5O. The molecule has 18 heavy (non-hydrogen) atoms. The van der Waals surface area contributed by atoms with E-state index in [1.807, 2.05) is 30.3 Å². The lowest BCUT2D eigenvalue weighted by Crippen LogP contribution is -2.13. The zero-order valence-corrected chi connectivity index (χ0v) is 9.95. The Morgan fingerprint density at radius 2 is 1.94 bits per heavy atom. The van der Waals surface area contributed by atoms with Gasteiger partial charge in [-0.3, -0.25) is 14.8 Å². The summed E-state index contributed by atoms with van der Waals surface area (Å²) in [4.78, 5) is 11.7. The Bertz CT molecular complexity index is 533. The Morgan fingerprint density at radius 1 is 1.28 bits per heavy atom. The van der Waals surface area contributed by atoms with E-state index >= 15 is 0 Å². The van der Waals surface area contributed by atoms with Gasteiger partial charge in [0.2, 0.25) is 5.91 Å². The number of hydrogen-bond donors (Lipinski definition) is 1. The normalized spacial score (nSPS) is 11.3. The van der Waals surface area contributed by atoms with Gasteiger partial charge in [0.05, 0.1) is 12.1 Å². The molecule has 0 fully saturated rings. The van der Waals surface area contributed by atoms with Crippen molar-refractivity contribution in [3.8, 4) is 0 Å². The number of carbonyl (C=O) groups excluding carboxylic acids is 1. The van der Waals surface area contributed by atoms with Gasteiger partial charge in [-0.05, 0) is 19.1 Å². The highest BCUT2D eigenvalue weighted by atomic mass is 16.2. The fourth-order valence-corrected chi connectivity index (χ4v) is 1.35. The number of benzene rings is 1. The first kappa shape index (κ1) is 12.0. The summed E-state index contributed by atoms with van der Waals surface area (Å²) >= 11 is 0. The number of carbonyl (C=O) groups is 1. The van der Waals surface area contributed by atoms with E-state index in [1.54, 1.807) is 6.92 Å². The predicted octanol–water partition coefficient (Wildman–Crippen LogP) is 1.80. The van der Waals surface area contributed by atoms with Crippen LogP contribution in [-0.4, -0.2) is 26.4 Å². The minimum atomic E-state index is -0.115. The molecule has 92 valence electrons. The van der Waals surface area contributed by atoms with Gasteiger partial charge < -0.3 is 0 Å². The molecule has 0 saturated carbocycles. The van der Waals surface area contributed by atoms with Gasteiger partial charge in [-0.2, -0.15) is 5.10 Å². The van der Waals surface area contributed by atoms with Crippen molar-refractivity contribution in [2.45, 2.75) is 13.3 Å². The first-order chi connectivity index (χ1) is 8.75. The molecule has 0 aliphatic carbocycles. The van der Waals surface area contributed by atoms with Crippen LogP contribution in [0.4, 0.5) is 5.69 Å². The summed E-state index contributed by atoms with van der Waals surface area (Å²) in [5, 5.41) is 11.3. The molecule has 0 spiro atoms. The van der Waals surface area contributed by atoms with Crippen LogP contribution in [0.2, 0.25) is 0 Å². The highest BCUT2D eigenvalue weighted by Gasteiger charge is 2.06. The fourth-order valence-electron chi connectivity index (χ4n) is 1.35. The third-order valence-electron chi connectivity index (χ3n) is 2.26. The highest BCUT2D eigenvalue weighted by molar-refractivity contribution is 6.00. The van der Waals surface area contributed by atoms with Crippen molar-refractivity contribution < 1.29 is 4.79 Å². The second-order valence-corrected chi connectivity index (χ2v) is 3.76. The summed E-state index contributed by atoms with van der Waals surface area (Å²) in [6.45, 7) is 1.79. The van der Waals surface area contributed by atoms with E-state index < -0.39 is 0 Å². The smallest absolute Gasteiger partial charge is 0.238 e. The summed E-state index contributed by atoms with van der Waals surface area (Å²) in [7, 11) is 0. The molecule has 1 aromatic heterocycles. The minimum absolute atomic E-state index is 0.115. The average molecular weight is 243 g/mol. The summed E-state index contributed by atoms with van der Waals surface area (Å²) in [6, 6.07) is 9.55. The molecule has 1 N–H and O–H groups in total. The number of hydrazone groups is 1. The zero-order valence-electron chi connectivity index (χ0n) is 9.95. The maximum Gasteiger partial charge on any atom is 0.238 e. The molecule has 2 rings (SSSR count). The summed E-state index contributed by atoms with van der Waals surface area (Å²) in [5.74, 6) is -0.115. The quantitative estimate of drug-likeness (QED) is 0.656. The van der Waals surface area contributed by atoms with Gasteiger partial charge in [-0.15, -0.1) is 10.2 Å². The van der Waals surface area contributed by atoms with Crippen LogP contribution in [0.5, 0.6) is 0 Å². The third-order valence-corrected chi connectivity index (χ3v) is 2.26. The Hall–Kier alpha value is -2.50. The molecule has 0 atom stereocenters. The topological polar surface area (TPSA) is 72.2 Å². The van der Waals surface area contributed by atoms with Crippen LogP contribution >= 0.6 is 0 Å².